The zero-order valence-electron chi connectivity index (χ0n) is 13.3. The molecule has 4 heterocycles. The second-order valence-corrected chi connectivity index (χ2v) is 6.11. The van der Waals surface area contributed by atoms with Gasteiger partial charge in [-0.05, 0) is 25.0 Å². The molecular weight excluding hydrogens is 308 g/mol. The second-order valence-electron chi connectivity index (χ2n) is 6.11. The van der Waals surface area contributed by atoms with Crippen molar-refractivity contribution < 1.29 is 4.79 Å². The molecule has 0 radical (unpaired) electrons. The zero-order chi connectivity index (χ0) is 16.7. The number of rotatable bonds is 2. The minimum atomic E-state index is -0.205. The molecule has 1 aliphatic rings. The molecule has 1 fully saturated rings. The van der Waals surface area contributed by atoms with E-state index in [-0.39, 0.29) is 17.6 Å². The van der Waals surface area contributed by atoms with Crippen LogP contribution in [-0.2, 0) is 7.05 Å². The van der Waals surface area contributed by atoms with Crippen LogP contribution in [-0.4, -0.2) is 48.0 Å². The molecule has 0 aromatic carbocycles. The maximum Gasteiger partial charge on any atom is 0.328 e. The Balaban J connectivity index is 1.65. The molecule has 1 N–H and O–H groups in total. The number of nitrogens with zero attached hydrogens (tertiary/aromatic N) is 5. The van der Waals surface area contributed by atoms with E-state index in [0.29, 0.717) is 29.9 Å². The summed E-state index contributed by atoms with van der Waals surface area (Å²) in [4.78, 5) is 37.8. The zero-order valence-corrected chi connectivity index (χ0v) is 13.3. The SMILES string of the molecule is Cn1cccc1C(=O)N1CCCC(n2c(=O)[nH]c3cncnc32)C1. The summed E-state index contributed by atoms with van der Waals surface area (Å²) in [6.07, 6.45) is 6.58. The highest BCUT2D eigenvalue weighted by Crippen LogP contribution is 2.24. The maximum absolute atomic E-state index is 12.7. The lowest BCUT2D eigenvalue weighted by Crippen LogP contribution is -2.43. The summed E-state index contributed by atoms with van der Waals surface area (Å²) in [5.41, 5.74) is 1.66. The number of piperidine rings is 1. The summed E-state index contributed by atoms with van der Waals surface area (Å²) in [6.45, 7) is 1.20. The van der Waals surface area contributed by atoms with Gasteiger partial charge in [0, 0.05) is 26.3 Å². The normalized spacial score (nSPS) is 18.2. The van der Waals surface area contributed by atoms with Gasteiger partial charge in [0.2, 0.25) is 0 Å². The van der Waals surface area contributed by atoms with Gasteiger partial charge >= 0.3 is 5.69 Å². The van der Waals surface area contributed by atoms with Gasteiger partial charge in [0.25, 0.3) is 5.91 Å². The summed E-state index contributed by atoms with van der Waals surface area (Å²) < 4.78 is 3.47. The molecule has 24 heavy (non-hydrogen) atoms. The number of likely N-dealkylation sites (tertiary alicyclic amines) is 1. The van der Waals surface area contributed by atoms with Crippen molar-refractivity contribution in [2.45, 2.75) is 18.9 Å². The Labute approximate surface area is 137 Å². The molecule has 1 atom stereocenters. The van der Waals surface area contributed by atoms with Gasteiger partial charge in [-0.1, -0.05) is 0 Å². The quantitative estimate of drug-likeness (QED) is 0.759. The molecule has 1 aliphatic heterocycles. The van der Waals surface area contributed by atoms with Gasteiger partial charge in [0.05, 0.1) is 12.2 Å². The first-order chi connectivity index (χ1) is 11.6. The van der Waals surface area contributed by atoms with Crippen LogP contribution >= 0.6 is 0 Å². The highest BCUT2D eigenvalue weighted by molar-refractivity contribution is 5.92. The minimum absolute atomic E-state index is 0.00489. The molecular formula is C16H18N6O2. The van der Waals surface area contributed by atoms with E-state index in [4.69, 9.17) is 0 Å². The number of imidazole rings is 1. The van der Waals surface area contributed by atoms with Crippen LogP contribution in [0.1, 0.15) is 29.4 Å². The Morgan fingerprint density at radius 2 is 2.29 bits per heavy atom. The number of aromatic amines is 1. The van der Waals surface area contributed by atoms with Crippen molar-refractivity contribution in [2.24, 2.45) is 7.05 Å². The second kappa shape index (κ2) is 5.63. The molecule has 1 amide bonds. The molecule has 1 unspecified atom stereocenters. The first-order valence-electron chi connectivity index (χ1n) is 7.96. The molecule has 4 rings (SSSR count). The topological polar surface area (TPSA) is 88.8 Å². The van der Waals surface area contributed by atoms with Crippen molar-refractivity contribution in [2.75, 3.05) is 13.1 Å². The Kier molecular flexibility index (Phi) is 3.44. The molecule has 0 spiro atoms. The number of amides is 1. The van der Waals surface area contributed by atoms with Gasteiger partial charge < -0.3 is 14.5 Å². The van der Waals surface area contributed by atoms with Gasteiger partial charge in [-0.3, -0.25) is 9.36 Å². The number of hydrogen-bond donors (Lipinski definition) is 1. The number of aromatic nitrogens is 5. The Morgan fingerprint density at radius 3 is 3.08 bits per heavy atom. The summed E-state index contributed by atoms with van der Waals surface area (Å²) in [5.74, 6) is -0.00489. The molecule has 124 valence electrons. The van der Waals surface area contributed by atoms with E-state index in [1.165, 1.54) is 6.33 Å². The fraction of sp³-hybridized carbons (Fsp3) is 0.375. The fourth-order valence-electron chi connectivity index (χ4n) is 3.41. The smallest absolute Gasteiger partial charge is 0.328 e. The van der Waals surface area contributed by atoms with Crippen molar-refractivity contribution in [1.29, 1.82) is 0 Å². The molecule has 3 aromatic rings. The fourth-order valence-corrected chi connectivity index (χ4v) is 3.41. The van der Waals surface area contributed by atoms with E-state index in [2.05, 4.69) is 15.0 Å². The van der Waals surface area contributed by atoms with E-state index >= 15 is 0 Å². The third-order valence-corrected chi connectivity index (χ3v) is 4.59. The van der Waals surface area contributed by atoms with Gasteiger partial charge in [-0.2, -0.15) is 0 Å². The van der Waals surface area contributed by atoms with Crippen molar-refractivity contribution in [3.63, 3.8) is 0 Å². The largest absolute Gasteiger partial charge is 0.347 e. The maximum atomic E-state index is 12.7. The van der Waals surface area contributed by atoms with Crippen LogP contribution in [0.25, 0.3) is 11.2 Å². The van der Waals surface area contributed by atoms with Gasteiger partial charge in [0.15, 0.2) is 5.65 Å². The summed E-state index contributed by atoms with van der Waals surface area (Å²) in [6, 6.07) is 3.59. The third-order valence-electron chi connectivity index (χ3n) is 4.59. The first kappa shape index (κ1) is 14.7. The van der Waals surface area contributed by atoms with Gasteiger partial charge in [-0.25, -0.2) is 14.8 Å². The van der Waals surface area contributed by atoms with E-state index < -0.39 is 0 Å². The standard InChI is InChI=1S/C16H18N6O2/c1-20-6-3-5-13(20)15(23)21-7-2-4-11(9-21)22-14-12(19-16(22)24)8-17-10-18-14/h3,5-6,8,10-11H,2,4,7,9H2,1H3,(H,19,24). The van der Waals surface area contributed by atoms with Crippen molar-refractivity contribution in [3.8, 4) is 0 Å². The Bertz CT molecular complexity index is 953. The average Bonchev–Trinajstić information content (AvgIpc) is 3.16. The third kappa shape index (κ3) is 2.31. The molecule has 0 aliphatic carbocycles. The molecule has 1 saturated heterocycles. The predicted octanol–water partition coefficient (Wildman–Crippen LogP) is 0.935. The Morgan fingerprint density at radius 1 is 1.42 bits per heavy atom. The number of carbonyl (C=O) groups excluding carboxylic acids is 1. The van der Waals surface area contributed by atoms with Crippen molar-refractivity contribution >= 4 is 17.1 Å². The van der Waals surface area contributed by atoms with Crippen LogP contribution in [0.5, 0.6) is 0 Å². The van der Waals surface area contributed by atoms with Crippen molar-refractivity contribution in [1.82, 2.24) is 29.0 Å². The van der Waals surface area contributed by atoms with Crippen LogP contribution in [0.3, 0.4) is 0 Å². The lowest BCUT2D eigenvalue weighted by molar-refractivity contribution is 0.0670. The van der Waals surface area contributed by atoms with E-state index in [1.807, 2.05) is 34.8 Å². The summed E-state index contributed by atoms with van der Waals surface area (Å²) in [5, 5.41) is 0. The number of nitrogens with one attached hydrogen (secondary N) is 1. The van der Waals surface area contributed by atoms with Crippen LogP contribution in [0, 0.1) is 0 Å². The first-order valence-corrected chi connectivity index (χ1v) is 7.96. The number of hydrogen-bond acceptors (Lipinski definition) is 4. The van der Waals surface area contributed by atoms with Crippen LogP contribution < -0.4 is 5.69 Å². The minimum Gasteiger partial charge on any atom is -0.347 e. The molecule has 8 nitrogen and oxygen atoms in total. The van der Waals surface area contributed by atoms with Crippen molar-refractivity contribution in [3.05, 3.63) is 47.0 Å². The van der Waals surface area contributed by atoms with E-state index in [1.54, 1.807) is 10.8 Å². The summed E-state index contributed by atoms with van der Waals surface area (Å²) >= 11 is 0. The highest BCUT2D eigenvalue weighted by Gasteiger charge is 2.28. The number of fused-ring (bicyclic) bond motifs is 1. The summed E-state index contributed by atoms with van der Waals surface area (Å²) in [7, 11) is 1.86. The van der Waals surface area contributed by atoms with E-state index in [0.717, 1.165) is 12.8 Å². The predicted molar refractivity (Wildman–Crippen MR) is 87.7 cm³/mol. The average molecular weight is 326 g/mol. The lowest BCUT2D eigenvalue weighted by atomic mass is 10.1. The number of carbonyl (C=O) groups is 1. The monoisotopic (exact) mass is 326 g/mol. The number of aryl methyl sites for hydroxylation is 1. The molecule has 0 bridgehead atoms. The van der Waals surface area contributed by atoms with Crippen LogP contribution in [0.2, 0.25) is 0 Å². The lowest BCUT2D eigenvalue weighted by Gasteiger charge is -2.33. The highest BCUT2D eigenvalue weighted by atomic mass is 16.2. The molecule has 0 saturated carbocycles. The van der Waals surface area contributed by atoms with Gasteiger partial charge in [-0.15, -0.1) is 0 Å². The molecule has 8 heteroatoms. The van der Waals surface area contributed by atoms with Gasteiger partial charge in [0.1, 0.15) is 17.5 Å². The Hall–Kier alpha value is -2.90. The van der Waals surface area contributed by atoms with E-state index in [9.17, 15) is 9.59 Å². The van der Waals surface area contributed by atoms with Crippen LogP contribution in [0.15, 0.2) is 35.6 Å². The number of H-pyrrole nitrogens is 1. The molecule has 3 aromatic heterocycles. The van der Waals surface area contributed by atoms with Crippen LogP contribution in [0.4, 0.5) is 0 Å².